The average molecular weight is 408 g/mol. The minimum Gasteiger partial charge on any atom is -0.378 e. The van der Waals surface area contributed by atoms with Crippen LogP contribution in [-0.2, 0) is 4.74 Å². The molecule has 2 N–H and O–H groups in total. The van der Waals surface area contributed by atoms with Gasteiger partial charge in [-0.1, -0.05) is 11.3 Å². The van der Waals surface area contributed by atoms with Crippen LogP contribution in [0.2, 0.25) is 0 Å². The number of morpholine rings is 1. The molecule has 2 aromatic heterocycles. The van der Waals surface area contributed by atoms with Crippen molar-refractivity contribution in [2.75, 3.05) is 48.9 Å². The molecule has 0 amide bonds. The van der Waals surface area contributed by atoms with E-state index in [1.807, 2.05) is 26.1 Å². The zero-order valence-corrected chi connectivity index (χ0v) is 17.1. The van der Waals surface area contributed by atoms with Gasteiger partial charge in [-0.05, 0) is 31.2 Å². The van der Waals surface area contributed by atoms with Crippen LogP contribution >= 0.6 is 11.3 Å². The summed E-state index contributed by atoms with van der Waals surface area (Å²) in [6.07, 6.45) is 1.55. The number of hydrogen-bond acceptors (Lipinski definition) is 9. The number of hydrogen-bond donors (Lipinski definition) is 2. The summed E-state index contributed by atoms with van der Waals surface area (Å²) in [5.41, 5.74) is 3.89. The molecule has 148 valence electrons. The van der Waals surface area contributed by atoms with Crippen LogP contribution < -0.4 is 15.5 Å². The first-order chi connectivity index (χ1) is 14.2. The Balaban J connectivity index is 1.57. The summed E-state index contributed by atoms with van der Waals surface area (Å²) in [5, 5.41) is 16.5. The first-order valence-electron chi connectivity index (χ1n) is 9.30. The summed E-state index contributed by atoms with van der Waals surface area (Å²) in [6, 6.07) is 10.3. The van der Waals surface area contributed by atoms with Crippen molar-refractivity contribution >= 4 is 33.8 Å². The molecular weight excluding hydrogens is 386 g/mol. The number of anilines is 4. The second-order valence-electron chi connectivity index (χ2n) is 6.52. The molecule has 1 aromatic carbocycles. The maximum absolute atomic E-state index is 9.47. The number of nitriles is 1. The van der Waals surface area contributed by atoms with Crippen LogP contribution in [0.3, 0.4) is 0 Å². The van der Waals surface area contributed by atoms with E-state index in [0.717, 1.165) is 47.7 Å². The van der Waals surface area contributed by atoms with Crippen LogP contribution in [-0.4, -0.2) is 48.3 Å². The molecule has 0 atom stereocenters. The van der Waals surface area contributed by atoms with Crippen LogP contribution in [0.4, 0.5) is 22.5 Å². The van der Waals surface area contributed by atoms with Gasteiger partial charge in [-0.3, -0.25) is 0 Å². The fourth-order valence-corrected chi connectivity index (χ4v) is 4.05. The summed E-state index contributed by atoms with van der Waals surface area (Å²) < 4.78 is 5.41. The van der Waals surface area contributed by atoms with Gasteiger partial charge in [0.1, 0.15) is 11.8 Å². The summed E-state index contributed by atoms with van der Waals surface area (Å²) in [5.74, 6) is 0.442. The molecule has 1 fully saturated rings. The lowest BCUT2D eigenvalue weighted by atomic mass is 10.2. The second kappa shape index (κ2) is 8.43. The Bertz CT molecular complexity index is 1040. The molecule has 3 aromatic rings. The lowest BCUT2D eigenvalue weighted by Crippen LogP contribution is -2.36. The van der Waals surface area contributed by atoms with E-state index in [-0.39, 0.29) is 0 Å². The molecule has 3 heterocycles. The van der Waals surface area contributed by atoms with Crippen LogP contribution in [0.25, 0.3) is 10.6 Å². The van der Waals surface area contributed by atoms with Gasteiger partial charge < -0.3 is 20.3 Å². The molecule has 29 heavy (non-hydrogen) atoms. The Kier molecular flexibility index (Phi) is 5.55. The zero-order valence-electron chi connectivity index (χ0n) is 16.3. The first-order valence-corrected chi connectivity index (χ1v) is 10.1. The third-order valence-electron chi connectivity index (χ3n) is 4.63. The summed E-state index contributed by atoms with van der Waals surface area (Å²) in [4.78, 5) is 16.5. The maximum Gasteiger partial charge on any atom is 0.227 e. The van der Waals surface area contributed by atoms with Gasteiger partial charge >= 0.3 is 0 Å². The van der Waals surface area contributed by atoms with E-state index in [1.54, 1.807) is 6.20 Å². The molecule has 1 aliphatic heterocycles. The number of aryl methyl sites for hydroxylation is 1. The van der Waals surface area contributed by atoms with Crippen molar-refractivity contribution in [3.05, 3.63) is 41.7 Å². The van der Waals surface area contributed by atoms with Gasteiger partial charge in [0, 0.05) is 31.5 Å². The summed E-state index contributed by atoms with van der Waals surface area (Å²) in [6.45, 7) is 5.23. The first kappa shape index (κ1) is 19.1. The van der Waals surface area contributed by atoms with Crippen molar-refractivity contribution in [3.8, 4) is 16.6 Å². The van der Waals surface area contributed by atoms with Crippen LogP contribution in [0.5, 0.6) is 0 Å². The lowest BCUT2D eigenvalue weighted by Gasteiger charge is -2.28. The van der Waals surface area contributed by atoms with Gasteiger partial charge in [-0.25, -0.2) is 15.0 Å². The smallest absolute Gasteiger partial charge is 0.227 e. The third kappa shape index (κ3) is 4.13. The van der Waals surface area contributed by atoms with E-state index < -0.39 is 0 Å². The number of aromatic nitrogens is 3. The molecule has 4 rings (SSSR count). The molecule has 9 heteroatoms. The minimum absolute atomic E-state index is 0.424. The number of ether oxygens (including phenoxy) is 1. The Morgan fingerprint density at radius 3 is 2.59 bits per heavy atom. The predicted octanol–water partition coefficient (Wildman–Crippen LogP) is 3.40. The Morgan fingerprint density at radius 1 is 1.17 bits per heavy atom. The maximum atomic E-state index is 9.47. The van der Waals surface area contributed by atoms with Gasteiger partial charge in [0.2, 0.25) is 5.95 Å². The fourth-order valence-electron chi connectivity index (χ4n) is 3.13. The highest BCUT2D eigenvalue weighted by atomic mass is 32.1. The lowest BCUT2D eigenvalue weighted by molar-refractivity contribution is 0.122. The number of rotatable bonds is 5. The van der Waals surface area contributed by atoms with E-state index in [2.05, 4.69) is 48.7 Å². The topological polar surface area (TPSA) is 99.0 Å². The Labute approximate surface area is 173 Å². The Morgan fingerprint density at radius 2 is 1.93 bits per heavy atom. The number of nitrogens with zero attached hydrogens (tertiary/aromatic N) is 5. The van der Waals surface area contributed by atoms with Crippen molar-refractivity contribution < 1.29 is 4.74 Å². The molecule has 0 spiro atoms. The van der Waals surface area contributed by atoms with Gasteiger partial charge in [0.15, 0.2) is 5.13 Å². The van der Waals surface area contributed by atoms with Crippen molar-refractivity contribution in [3.63, 3.8) is 0 Å². The van der Waals surface area contributed by atoms with E-state index >= 15 is 0 Å². The average Bonchev–Trinajstić information content (AvgIpc) is 3.15. The van der Waals surface area contributed by atoms with Gasteiger partial charge in [-0.2, -0.15) is 5.26 Å². The van der Waals surface area contributed by atoms with Crippen molar-refractivity contribution in [1.29, 1.82) is 5.26 Å². The second-order valence-corrected chi connectivity index (χ2v) is 7.52. The highest BCUT2D eigenvalue weighted by Gasteiger charge is 2.16. The molecule has 0 bridgehead atoms. The monoisotopic (exact) mass is 407 g/mol. The molecule has 1 saturated heterocycles. The van der Waals surface area contributed by atoms with Crippen molar-refractivity contribution in [2.45, 2.75) is 6.92 Å². The van der Waals surface area contributed by atoms with E-state index in [0.29, 0.717) is 17.2 Å². The SMILES string of the molecule is CNc1nc(C)c(-c2nc(Nc3ccc(N4CCOCC4)cc3)ncc2C#N)s1. The van der Waals surface area contributed by atoms with Crippen molar-refractivity contribution in [1.82, 2.24) is 15.0 Å². The number of nitrogens with one attached hydrogen (secondary N) is 2. The molecule has 1 aliphatic rings. The standard InChI is InChI=1S/C20H21N7OS/c1-13-18(29-20(22-2)24-13)17-14(11-21)12-23-19(26-17)25-15-3-5-16(6-4-15)27-7-9-28-10-8-27/h3-6,12H,7-10H2,1-2H3,(H,22,24)(H,23,25,26). The molecule has 0 radical (unpaired) electrons. The van der Waals surface area contributed by atoms with E-state index in [4.69, 9.17) is 4.74 Å². The normalized spacial score (nSPS) is 13.8. The van der Waals surface area contributed by atoms with Crippen LogP contribution in [0, 0.1) is 18.3 Å². The van der Waals surface area contributed by atoms with Crippen molar-refractivity contribution in [2.24, 2.45) is 0 Å². The van der Waals surface area contributed by atoms with E-state index in [1.165, 1.54) is 17.0 Å². The van der Waals surface area contributed by atoms with Crippen LogP contribution in [0.15, 0.2) is 30.5 Å². The zero-order chi connectivity index (χ0) is 20.2. The summed E-state index contributed by atoms with van der Waals surface area (Å²) >= 11 is 1.47. The highest BCUT2D eigenvalue weighted by Crippen LogP contribution is 2.33. The number of thiazole rings is 1. The molecule has 8 nitrogen and oxygen atoms in total. The fraction of sp³-hybridized carbons (Fsp3) is 0.300. The predicted molar refractivity (Wildman–Crippen MR) is 115 cm³/mol. The van der Waals surface area contributed by atoms with Gasteiger partial charge in [-0.15, -0.1) is 0 Å². The highest BCUT2D eigenvalue weighted by molar-refractivity contribution is 7.19. The quantitative estimate of drug-likeness (QED) is 0.664. The summed E-state index contributed by atoms with van der Waals surface area (Å²) in [7, 11) is 1.82. The Hall–Kier alpha value is -3.22. The van der Waals surface area contributed by atoms with Gasteiger partial charge in [0.25, 0.3) is 0 Å². The molecular formula is C20H21N7OS. The van der Waals surface area contributed by atoms with E-state index in [9.17, 15) is 5.26 Å². The largest absolute Gasteiger partial charge is 0.378 e. The third-order valence-corrected chi connectivity index (χ3v) is 5.82. The van der Waals surface area contributed by atoms with Gasteiger partial charge in [0.05, 0.1) is 35.5 Å². The van der Waals surface area contributed by atoms with Crippen LogP contribution in [0.1, 0.15) is 11.3 Å². The molecule has 0 unspecified atom stereocenters. The molecule has 0 aliphatic carbocycles. The molecule has 0 saturated carbocycles. The number of benzene rings is 1. The minimum atomic E-state index is 0.424.